The van der Waals surface area contributed by atoms with Gasteiger partial charge < -0.3 is 10.6 Å². The van der Waals surface area contributed by atoms with E-state index in [1.165, 1.54) is 11.3 Å². The number of carbonyl (C=O) groups excluding carboxylic acids is 1. The fourth-order valence-corrected chi connectivity index (χ4v) is 6.22. The summed E-state index contributed by atoms with van der Waals surface area (Å²) in [5, 5.41) is 6.13. The molecule has 25 heavy (non-hydrogen) atoms. The maximum atomic E-state index is 12.6. The van der Waals surface area contributed by atoms with Crippen LogP contribution in [0.25, 0.3) is 0 Å². The fraction of sp³-hybridized carbons (Fsp3) is 0.688. The van der Waals surface area contributed by atoms with Crippen molar-refractivity contribution < 1.29 is 13.2 Å². The summed E-state index contributed by atoms with van der Waals surface area (Å²) in [6.07, 6.45) is 4.56. The predicted octanol–water partition coefficient (Wildman–Crippen LogP) is 1.61. The van der Waals surface area contributed by atoms with Crippen LogP contribution in [0.5, 0.6) is 0 Å². The van der Waals surface area contributed by atoms with Crippen LogP contribution in [0, 0.1) is 5.92 Å². The monoisotopic (exact) mass is 407 g/mol. The van der Waals surface area contributed by atoms with Crippen molar-refractivity contribution in [3.63, 3.8) is 0 Å². The molecule has 0 aromatic carbocycles. The lowest BCUT2D eigenvalue weighted by Gasteiger charge is -2.25. The average molecular weight is 408 g/mol. The van der Waals surface area contributed by atoms with Gasteiger partial charge in [-0.3, -0.25) is 4.79 Å². The average Bonchev–Trinajstić information content (AvgIpc) is 3.28. The van der Waals surface area contributed by atoms with Crippen molar-refractivity contribution in [3.05, 3.63) is 17.0 Å². The summed E-state index contributed by atoms with van der Waals surface area (Å²) in [6, 6.07) is 3.57. The summed E-state index contributed by atoms with van der Waals surface area (Å²) in [7, 11) is -3.34. The quantitative estimate of drug-likeness (QED) is 0.750. The minimum absolute atomic E-state index is 0. The SMILES string of the molecule is Cl.O=C(NCCc1ccc(S(=O)(=O)N2CCCCC2)s1)C1CCNC1. The number of hydrogen-bond acceptors (Lipinski definition) is 5. The van der Waals surface area contributed by atoms with Gasteiger partial charge in [0.1, 0.15) is 4.21 Å². The minimum atomic E-state index is -3.34. The molecule has 1 atom stereocenters. The van der Waals surface area contributed by atoms with Gasteiger partial charge in [-0.1, -0.05) is 6.42 Å². The van der Waals surface area contributed by atoms with Gasteiger partial charge >= 0.3 is 0 Å². The molecule has 142 valence electrons. The maximum absolute atomic E-state index is 12.6. The summed E-state index contributed by atoms with van der Waals surface area (Å²) in [5.74, 6) is 0.168. The smallest absolute Gasteiger partial charge is 0.252 e. The highest BCUT2D eigenvalue weighted by Gasteiger charge is 2.27. The molecule has 2 fully saturated rings. The van der Waals surface area contributed by atoms with Crippen LogP contribution in [0.3, 0.4) is 0 Å². The molecule has 0 saturated carbocycles. The molecule has 0 radical (unpaired) electrons. The largest absolute Gasteiger partial charge is 0.355 e. The zero-order valence-corrected chi connectivity index (χ0v) is 16.6. The van der Waals surface area contributed by atoms with Gasteiger partial charge in [-0.05, 0) is 44.4 Å². The van der Waals surface area contributed by atoms with Gasteiger partial charge in [0.05, 0.1) is 5.92 Å². The van der Waals surface area contributed by atoms with Gasteiger partial charge in [0.2, 0.25) is 5.91 Å². The van der Waals surface area contributed by atoms with E-state index in [-0.39, 0.29) is 24.2 Å². The van der Waals surface area contributed by atoms with Crippen molar-refractivity contribution in [3.8, 4) is 0 Å². The number of carbonyl (C=O) groups is 1. The zero-order valence-electron chi connectivity index (χ0n) is 14.2. The van der Waals surface area contributed by atoms with E-state index >= 15 is 0 Å². The van der Waals surface area contributed by atoms with Crippen molar-refractivity contribution >= 4 is 39.7 Å². The van der Waals surface area contributed by atoms with E-state index in [2.05, 4.69) is 10.6 Å². The van der Waals surface area contributed by atoms with Crippen LogP contribution >= 0.6 is 23.7 Å². The molecule has 3 heterocycles. The Kier molecular flexibility index (Phi) is 7.69. The molecule has 1 aromatic rings. The van der Waals surface area contributed by atoms with Gasteiger partial charge in [-0.25, -0.2) is 8.42 Å². The Morgan fingerprint density at radius 3 is 2.72 bits per heavy atom. The maximum Gasteiger partial charge on any atom is 0.252 e. The Morgan fingerprint density at radius 2 is 2.04 bits per heavy atom. The third kappa shape index (κ3) is 5.17. The summed E-state index contributed by atoms with van der Waals surface area (Å²) < 4.78 is 27.3. The lowest BCUT2D eigenvalue weighted by Crippen LogP contribution is -2.35. The predicted molar refractivity (Wildman–Crippen MR) is 102 cm³/mol. The van der Waals surface area contributed by atoms with Crippen molar-refractivity contribution in [1.29, 1.82) is 0 Å². The van der Waals surface area contributed by atoms with E-state index in [4.69, 9.17) is 0 Å². The molecule has 0 aliphatic carbocycles. The molecule has 1 unspecified atom stereocenters. The first-order valence-corrected chi connectivity index (χ1v) is 10.9. The molecular weight excluding hydrogens is 382 g/mol. The van der Waals surface area contributed by atoms with Crippen molar-refractivity contribution in [1.82, 2.24) is 14.9 Å². The zero-order chi connectivity index (χ0) is 17.0. The van der Waals surface area contributed by atoms with E-state index in [1.54, 1.807) is 10.4 Å². The van der Waals surface area contributed by atoms with E-state index in [9.17, 15) is 13.2 Å². The van der Waals surface area contributed by atoms with Crippen LogP contribution in [0.15, 0.2) is 16.3 Å². The normalized spacial score (nSPS) is 21.7. The highest BCUT2D eigenvalue weighted by Crippen LogP contribution is 2.27. The van der Waals surface area contributed by atoms with E-state index in [0.717, 1.165) is 43.6 Å². The molecular formula is C16H26ClN3O3S2. The Balaban J connectivity index is 0.00000225. The molecule has 2 aliphatic rings. The van der Waals surface area contributed by atoms with Crippen LogP contribution in [0.1, 0.15) is 30.6 Å². The van der Waals surface area contributed by atoms with Gasteiger partial charge in [0.15, 0.2) is 0 Å². The van der Waals surface area contributed by atoms with E-state index in [1.807, 2.05) is 6.07 Å². The Morgan fingerprint density at radius 1 is 1.28 bits per heavy atom. The number of amides is 1. The molecule has 2 aliphatic heterocycles. The Hall–Kier alpha value is -0.670. The second-order valence-corrected chi connectivity index (χ2v) is 9.75. The van der Waals surface area contributed by atoms with Crippen LogP contribution in [0.4, 0.5) is 0 Å². The number of thiophene rings is 1. The van der Waals surface area contributed by atoms with Gasteiger partial charge in [0.25, 0.3) is 10.0 Å². The molecule has 9 heteroatoms. The lowest BCUT2D eigenvalue weighted by molar-refractivity contribution is -0.124. The first-order chi connectivity index (χ1) is 11.6. The molecule has 3 rings (SSSR count). The van der Waals surface area contributed by atoms with Crippen LogP contribution in [-0.2, 0) is 21.2 Å². The molecule has 1 aromatic heterocycles. The van der Waals surface area contributed by atoms with Crippen LogP contribution in [-0.4, -0.2) is 51.4 Å². The van der Waals surface area contributed by atoms with Crippen LogP contribution < -0.4 is 10.6 Å². The van der Waals surface area contributed by atoms with Gasteiger partial charge in [-0.15, -0.1) is 23.7 Å². The number of rotatable bonds is 6. The first-order valence-electron chi connectivity index (χ1n) is 8.64. The van der Waals surface area contributed by atoms with E-state index < -0.39 is 10.0 Å². The molecule has 1 amide bonds. The third-order valence-corrected chi connectivity index (χ3v) is 8.16. The summed E-state index contributed by atoms with van der Waals surface area (Å²) in [6.45, 7) is 3.46. The fourth-order valence-electron chi connectivity index (χ4n) is 3.20. The topological polar surface area (TPSA) is 78.5 Å². The summed E-state index contributed by atoms with van der Waals surface area (Å²) in [4.78, 5) is 13.0. The lowest BCUT2D eigenvalue weighted by atomic mass is 10.1. The molecule has 2 saturated heterocycles. The third-order valence-electron chi connectivity index (χ3n) is 4.65. The van der Waals surface area contributed by atoms with Crippen LogP contribution in [0.2, 0.25) is 0 Å². The number of nitrogens with one attached hydrogen (secondary N) is 2. The number of sulfonamides is 1. The molecule has 2 N–H and O–H groups in total. The minimum Gasteiger partial charge on any atom is -0.355 e. The highest BCUT2D eigenvalue weighted by molar-refractivity contribution is 7.91. The Labute approximate surface area is 159 Å². The van der Waals surface area contributed by atoms with Gasteiger partial charge in [0, 0.05) is 31.1 Å². The van der Waals surface area contributed by atoms with E-state index in [0.29, 0.717) is 30.3 Å². The number of halogens is 1. The second kappa shape index (κ2) is 9.32. The van der Waals surface area contributed by atoms with Crippen molar-refractivity contribution in [2.45, 2.75) is 36.3 Å². The standard InChI is InChI=1S/C16H25N3O3S2.ClH/c20-16(13-6-8-17-12-13)18-9-7-14-4-5-15(23-14)24(21,22)19-10-2-1-3-11-19;/h4-5,13,17H,1-3,6-12H2,(H,18,20);1H. The molecule has 0 bridgehead atoms. The molecule has 0 spiro atoms. The summed E-state index contributed by atoms with van der Waals surface area (Å²) in [5.41, 5.74) is 0. The van der Waals surface area contributed by atoms with Crippen molar-refractivity contribution in [2.75, 3.05) is 32.7 Å². The first kappa shape index (κ1) is 20.6. The second-order valence-electron chi connectivity index (χ2n) is 6.42. The molecule has 6 nitrogen and oxygen atoms in total. The van der Waals surface area contributed by atoms with Crippen molar-refractivity contribution in [2.24, 2.45) is 5.92 Å². The number of nitrogens with zero attached hydrogens (tertiary/aromatic N) is 1. The number of piperidine rings is 1. The Bertz CT molecular complexity index is 666. The number of hydrogen-bond donors (Lipinski definition) is 2. The van der Waals surface area contributed by atoms with Gasteiger partial charge in [-0.2, -0.15) is 4.31 Å². The highest BCUT2D eigenvalue weighted by atomic mass is 35.5. The summed E-state index contributed by atoms with van der Waals surface area (Å²) >= 11 is 1.32.